The molecule has 2 heterocycles. The van der Waals surface area contributed by atoms with Gasteiger partial charge in [-0.15, -0.1) is 10.2 Å². The lowest BCUT2D eigenvalue weighted by Gasteiger charge is -2.06. The van der Waals surface area contributed by atoms with E-state index in [1.165, 1.54) is 0 Å². The fourth-order valence-corrected chi connectivity index (χ4v) is 3.12. The van der Waals surface area contributed by atoms with Crippen molar-refractivity contribution >= 4 is 38.4 Å². The smallest absolute Gasteiger partial charge is 0.297 e. The molecule has 2 aromatic carbocycles. The molecule has 1 amide bonds. The van der Waals surface area contributed by atoms with Gasteiger partial charge in [-0.2, -0.15) is 0 Å². The van der Waals surface area contributed by atoms with Crippen molar-refractivity contribution in [1.29, 1.82) is 0 Å². The minimum Gasteiger partial charge on any atom is -0.493 e. The summed E-state index contributed by atoms with van der Waals surface area (Å²) in [5.41, 5.74) is 2.08. The molecule has 128 valence electrons. The molecule has 7 heteroatoms. The summed E-state index contributed by atoms with van der Waals surface area (Å²) in [5, 5.41) is 18.6. The molecule has 2 aromatic heterocycles. The van der Waals surface area contributed by atoms with Crippen LogP contribution in [0.5, 0.6) is 5.88 Å². The molecule has 0 fully saturated rings. The number of aromatic amines is 1. The molecule has 6 nitrogen and oxygen atoms in total. The molecule has 0 unspecified atom stereocenters. The number of carbonyl (C=O) groups excluding carboxylic acids is 1. The van der Waals surface area contributed by atoms with Crippen LogP contribution in [0.4, 0.5) is 5.69 Å². The Morgan fingerprint density at radius 1 is 1.08 bits per heavy atom. The van der Waals surface area contributed by atoms with E-state index < -0.39 is 5.91 Å². The molecule has 0 aliphatic rings. The van der Waals surface area contributed by atoms with Gasteiger partial charge in [-0.1, -0.05) is 28.1 Å². The van der Waals surface area contributed by atoms with Crippen LogP contribution in [0.2, 0.25) is 0 Å². The van der Waals surface area contributed by atoms with Gasteiger partial charge in [-0.3, -0.25) is 4.79 Å². The minimum atomic E-state index is -0.488. The molecule has 0 spiro atoms. The fourth-order valence-electron chi connectivity index (χ4n) is 2.76. The maximum atomic E-state index is 12.6. The molecule has 0 saturated carbocycles. The first-order valence-corrected chi connectivity index (χ1v) is 8.61. The third kappa shape index (κ3) is 2.93. The number of azo groups is 1. The number of nitrogens with one attached hydrogen (secondary N) is 1. The van der Waals surface area contributed by atoms with Crippen LogP contribution in [-0.4, -0.2) is 20.6 Å². The van der Waals surface area contributed by atoms with Crippen LogP contribution in [0.3, 0.4) is 0 Å². The van der Waals surface area contributed by atoms with Gasteiger partial charge in [-0.25, -0.2) is 0 Å². The van der Waals surface area contributed by atoms with E-state index in [2.05, 4.69) is 31.1 Å². The molecule has 2 N–H and O–H groups in total. The van der Waals surface area contributed by atoms with Crippen LogP contribution in [0.15, 0.2) is 81.7 Å². The van der Waals surface area contributed by atoms with Crippen molar-refractivity contribution in [3.63, 3.8) is 0 Å². The van der Waals surface area contributed by atoms with E-state index >= 15 is 0 Å². The second-order valence-corrected chi connectivity index (χ2v) is 6.54. The minimum absolute atomic E-state index is 0.131. The third-order valence-electron chi connectivity index (χ3n) is 3.97. The molecule has 4 rings (SSSR count). The Morgan fingerprint density at radius 3 is 2.65 bits per heavy atom. The number of fused-ring (bicyclic) bond motifs is 1. The summed E-state index contributed by atoms with van der Waals surface area (Å²) in [7, 11) is 0. The predicted molar refractivity (Wildman–Crippen MR) is 102 cm³/mol. The highest BCUT2D eigenvalue weighted by Crippen LogP contribution is 2.37. The van der Waals surface area contributed by atoms with Crippen molar-refractivity contribution < 1.29 is 9.90 Å². The van der Waals surface area contributed by atoms with Gasteiger partial charge in [-0.05, 0) is 42.5 Å². The van der Waals surface area contributed by atoms with E-state index in [0.29, 0.717) is 22.2 Å². The number of aromatic hydroxyl groups is 1. The molecule has 0 aliphatic heterocycles. The maximum absolute atomic E-state index is 12.6. The van der Waals surface area contributed by atoms with E-state index in [-0.39, 0.29) is 11.6 Å². The van der Waals surface area contributed by atoms with Crippen molar-refractivity contribution in [2.45, 2.75) is 0 Å². The van der Waals surface area contributed by atoms with E-state index in [4.69, 9.17) is 0 Å². The standard InChI is InChI=1S/C19H13BrN4O2/c20-12-7-8-15-14(11-12)17(19(26)21-15)22-23-18(25)13-5-1-2-6-16(13)24-9-3-4-10-24/h1-11,21,26H. The summed E-state index contributed by atoms with van der Waals surface area (Å²) >= 11 is 3.39. The molecule has 4 aromatic rings. The van der Waals surface area contributed by atoms with Gasteiger partial charge >= 0.3 is 0 Å². The largest absolute Gasteiger partial charge is 0.493 e. The van der Waals surface area contributed by atoms with E-state index in [9.17, 15) is 9.90 Å². The van der Waals surface area contributed by atoms with Crippen LogP contribution in [0, 0.1) is 0 Å². The number of amides is 1. The van der Waals surface area contributed by atoms with Crippen molar-refractivity contribution in [3.05, 3.63) is 77.0 Å². The van der Waals surface area contributed by atoms with Crippen molar-refractivity contribution in [1.82, 2.24) is 9.55 Å². The van der Waals surface area contributed by atoms with Gasteiger partial charge < -0.3 is 14.7 Å². The van der Waals surface area contributed by atoms with Gasteiger partial charge in [0.25, 0.3) is 5.91 Å². The first-order valence-electron chi connectivity index (χ1n) is 7.82. The highest BCUT2D eigenvalue weighted by molar-refractivity contribution is 9.10. The van der Waals surface area contributed by atoms with Gasteiger partial charge in [0.1, 0.15) is 0 Å². The Hall–Kier alpha value is -3.19. The molecule has 0 bridgehead atoms. The van der Waals surface area contributed by atoms with Crippen molar-refractivity contribution in [3.8, 4) is 11.6 Å². The zero-order chi connectivity index (χ0) is 18.1. The van der Waals surface area contributed by atoms with E-state index in [1.807, 2.05) is 47.3 Å². The summed E-state index contributed by atoms with van der Waals surface area (Å²) in [6, 6.07) is 16.4. The Bertz CT molecular complexity index is 1130. The summed E-state index contributed by atoms with van der Waals surface area (Å²) in [4.78, 5) is 15.4. The van der Waals surface area contributed by atoms with Crippen LogP contribution in [0.25, 0.3) is 16.6 Å². The number of rotatable bonds is 3. The van der Waals surface area contributed by atoms with Crippen LogP contribution >= 0.6 is 15.9 Å². The number of benzene rings is 2. The normalized spacial score (nSPS) is 11.4. The molecule has 0 atom stereocenters. The van der Waals surface area contributed by atoms with E-state index in [0.717, 1.165) is 4.47 Å². The Balaban J connectivity index is 1.72. The SMILES string of the molecule is O=C(N=Nc1c(O)[nH]c2ccc(Br)cc12)c1ccccc1-n1cccc1. The third-order valence-corrected chi connectivity index (χ3v) is 4.47. The first-order chi connectivity index (χ1) is 12.6. The van der Waals surface area contributed by atoms with Crippen LogP contribution in [0.1, 0.15) is 10.4 Å². The molecule has 0 aliphatic carbocycles. The highest BCUT2D eigenvalue weighted by Gasteiger charge is 2.14. The van der Waals surface area contributed by atoms with Crippen LogP contribution in [-0.2, 0) is 0 Å². The topological polar surface area (TPSA) is 82.7 Å². The molecular weight excluding hydrogens is 396 g/mol. The molecule has 0 saturated heterocycles. The average molecular weight is 409 g/mol. The van der Waals surface area contributed by atoms with Crippen molar-refractivity contribution in [2.75, 3.05) is 0 Å². The second kappa shape index (κ2) is 6.61. The molecule has 0 radical (unpaired) electrons. The fraction of sp³-hybridized carbons (Fsp3) is 0. The van der Waals surface area contributed by atoms with Gasteiger partial charge in [0.2, 0.25) is 5.88 Å². The number of nitrogens with zero attached hydrogens (tertiary/aromatic N) is 3. The molecule has 26 heavy (non-hydrogen) atoms. The number of hydrogen-bond acceptors (Lipinski definition) is 3. The maximum Gasteiger partial charge on any atom is 0.297 e. The van der Waals surface area contributed by atoms with Crippen LogP contribution < -0.4 is 0 Å². The first kappa shape index (κ1) is 16.3. The lowest BCUT2D eigenvalue weighted by molar-refractivity contribution is 0.0995. The Labute approximate surface area is 156 Å². The van der Waals surface area contributed by atoms with E-state index in [1.54, 1.807) is 24.3 Å². The Kier molecular flexibility index (Phi) is 4.14. The number of para-hydroxylation sites is 1. The lowest BCUT2D eigenvalue weighted by atomic mass is 10.1. The zero-order valence-corrected chi connectivity index (χ0v) is 15.0. The Morgan fingerprint density at radius 2 is 1.85 bits per heavy atom. The number of halogens is 1. The summed E-state index contributed by atoms with van der Waals surface area (Å²) < 4.78 is 2.67. The number of carbonyl (C=O) groups is 1. The highest BCUT2D eigenvalue weighted by atomic mass is 79.9. The summed E-state index contributed by atoms with van der Waals surface area (Å²) in [5.74, 6) is -0.619. The quantitative estimate of drug-likeness (QED) is 0.447. The van der Waals surface area contributed by atoms with Gasteiger partial charge in [0.05, 0.1) is 16.8 Å². The molecular formula is C19H13BrN4O2. The predicted octanol–water partition coefficient (Wildman–Crippen LogP) is 5.35. The second-order valence-electron chi connectivity index (χ2n) is 5.62. The van der Waals surface area contributed by atoms with Gasteiger partial charge in [0, 0.05) is 22.3 Å². The summed E-state index contributed by atoms with van der Waals surface area (Å²) in [6.45, 7) is 0. The van der Waals surface area contributed by atoms with Crippen molar-refractivity contribution in [2.24, 2.45) is 10.2 Å². The number of H-pyrrole nitrogens is 1. The zero-order valence-electron chi connectivity index (χ0n) is 13.4. The average Bonchev–Trinajstić information content (AvgIpc) is 3.27. The number of hydrogen-bond donors (Lipinski definition) is 2. The summed E-state index contributed by atoms with van der Waals surface area (Å²) in [6.07, 6.45) is 3.71. The monoisotopic (exact) mass is 408 g/mol. The lowest BCUT2D eigenvalue weighted by Crippen LogP contribution is -2.02. The van der Waals surface area contributed by atoms with Gasteiger partial charge in [0.15, 0.2) is 5.69 Å². The number of aromatic nitrogens is 2.